The van der Waals surface area contributed by atoms with Crippen LogP contribution in [-0.2, 0) is 19.1 Å². The molecular formula is C23H36O6. The average Bonchev–Trinajstić information content (AvgIpc) is 2.68. The van der Waals surface area contributed by atoms with E-state index in [0.29, 0.717) is 12.4 Å². The number of ether oxygens (including phenoxy) is 3. The summed E-state index contributed by atoms with van der Waals surface area (Å²) in [6.45, 7) is 13.6. The molecular weight excluding hydrogens is 372 g/mol. The van der Waals surface area contributed by atoms with Gasteiger partial charge in [-0.05, 0) is 57.4 Å². The first kappa shape index (κ1) is 25.0. The summed E-state index contributed by atoms with van der Waals surface area (Å²) in [5.41, 5.74) is -0.360. The first-order valence-corrected chi connectivity index (χ1v) is 10.3. The van der Waals surface area contributed by atoms with E-state index < -0.39 is 5.41 Å². The van der Waals surface area contributed by atoms with Crippen LogP contribution in [0.15, 0.2) is 24.3 Å². The van der Waals surface area contributed by atoms with Crippen LogP contribution in [0.3, 0.4) is 0 Å². The number of hydrogen-bond acceptors (Lipinski definition) is 6. The first-order valence-electron chi connectivity index (χ1n) is 10.3. The van der Waals surface area contributed by atoms with Crippen LogP contribution in [0.5, 0.6) is 11.5 Å². The molecule has 1 N–H and O–H groups in total. The summed E-state index contributed by atoms with van der Waals surface area (Å²) in [4.78, 5) is 23.1. The van der Waals surface area contributed by atoms with Crippen molar-refractivity contribution in [1.82, 2.24) is 0 Å². The molecule has 0 saturated carbocycles. The maximum absolute atomic E-state index is 11.7. The number of esters is 2. The number of carbonyl (C=O) groups is 2. The second-order valence-electron chi connectivity index (χ2n) is 8.38. The zero-order valence-corrected chi connectivity index (χ0v) is 18.6. The standard InChI is InChI=1S/C12H16O3.C11H20O3/c1-4-12(2,3)11(14)15-10-7-5-9(13)6-8-10;1-4-9(3)10(12)14-8-11(5-2)6-13-7-11/h5-8,13H,4H2,1-3H3;9H,4-8H2,1-3H3. The van der Waals surface area contributed by atoms with Gasteiger partial charge in [-0.25, -0.2) is 0 Å². The fourth-order valence-electron chi connectivity index (χ4n) is 2.22. The van der Waals surface area contributed by atoms with E-state index in [1.807, 2.05) is 34.6 Å². The van der Waals surface area contributed by atoms with Gasteiger partial charge in [-0.15, -0.1) is 0 Å². The molecule has 0 aromatic heterocycles. The zero-order valence-electron chi connectivity index (χ0n) is 18.6. The molecule has 0 aliphatic carbocycles. The second kappa shape index (κ2) is 11.2. The average molecular weight is 409 g/mol. The molecule has 164 valence electrons. The van der Waals surface area contributed by atoms with Crippen LogP contribution in [0.25, 0.3) is 0 Å². The molecule has 6 nitrogen and oxygen atoms in total. The summed E-state index contributed by atoms with van der Waals surface area (Å²) >= 11 is 0. The van der Waals surface area contributed by atoms with E-state index in [0.717, 1.165) is 32.5 Å². The van der Waals surface area contributed by atoms with Crippen molar-refractivity contribution in [3.63, 3.8) is 0 Å². The lowest BCUT2D eigenvalue weighted by molar-refractivity contribution is -0.173. The third-order valence-corrected chi connectivity index (χ3v) is 5.59. The van der Waals surface area contributed by atoms with E-state index in [1.165, 1.54) is 12.1 Å². The smallest absolute Gasteiger partial charge is 0.316 e. The van der Waals surface area contributed by atoms with E-state index in [4.69, 9.17) is 19.3 Å². The molecule has 1 aromatic rings. The van der Waals surface area contributed by atoms with Crippen molar-refractivity contribution < 1.29 is 28.9 Å². The highest BCUT2D eigenvalue weighted by molar-refractivity contribution is 5.78. The third kappa shape index (κ3) is 7.69. The van der Waals surface area contributed by atoms with Gasteiger partial charge in [0.25, 0.3) is 0 Å². The van der Waals surface area contributed by atoms with Gasteiger partial charge in [0.15, 0.2) is 0 Å². The highest BCUT2D eigenvalue weighted by atomic mass is 16.5. The molecule has 1 atom stereocenters. The first-order chi connectivity index (χ1) is 13.6. The molecule has 0 spiro atoms. The molecule has 0 bridgehead atoms. The fourth-order valence-corrected chi connectivity index (χ4v) is 2.22. The van der Waals surface area contributed by atoms with Crippen molar-refractivity contribution in [3.8, 4) is 11.5 Å². The maximum Gasteiger partial charge on any atom is 0.316 e. The molecule has 0 radical (unpaired) electrons. The van der Waals surface area contributed by atoms with Gasteiger partial charge in [-0.1, -0.05) is 27.7 Å². The largest absolute Gasteiger partial charge is 0.508 e. The highest BCUT2D eigenvalue weighted by Gasteiger charge is 2.38. The molecule has 1 aliphatic heterocycles. The van der Waals surface area contributed by atoms with Crippen molar-refractivity contribution in [2.24, 2.45) is 16.7 Å². The second-order valence-corrected chi connectivity index (χ2v) is 8.38. The minimum atomic E-state index is -0.474. The van der Waals surface area contributed by atoms with Gasteiger partial charge in [0.1, 0.15) is 18.1 Å². The number of aromatic hydroxyl groups is 1. The maximum atomic E-state index is 11.7. The summed E-state index contributed by atoms with van der Waals surface area (Å²) in [5, 5.41) is 9.06. The molecule has 2 rings (SSSR count). The van der Waals surface area contributed by atoms with E-state index in [2.05, 4.69) is 6.92 Å². The predicted octanol–water partition coefficient (Wildman–Crippen LogP) is 4.74. The van der Waals surface area contributed by atoms with Crippen LogP contribution in [0.2, 0.25) is 0 Å². The topological polar surface area (TPSA) is 82.1 Å². The number of rotatable bonds is 8. The molecule has 1 unspecified atom stereocenters. The molecule has 1 aromatic carbocycles. The Bertz CT molecular complexity index is 640. The Balaban J connectivity index is 0.000000291. The van der Waals surface area contributed by atoms with E-state index >= 15 is 0 Å². The lowest BCUT2D eigenvalue weighted by Crippen LogP contribution is -2.46. The van der Waals surface area contributed by atoms with E-state index in [9.17, 15) is 9.59 Å². The third-order valence-electron chi connectivity index (χ3n) is 5.59. The summed E-state index contributed by atoms with van der Waals surface area (Å²) in [6, 6.07) is 6.11. The van der Waals surface area contributed by atoms with Gasteiger partial charge >= 0.3 is 11.9 Å². The predicted molar refractivity (Wildman–Crippen MR) is 112 cm³/mol. The Morgan fingerprint density at radius 3 is 2.17 bits per heavy atom. The van der Waals surface area contributed by atoms with Crippen molar-refractivity contribution in [2.45, 2.75) is 60.8 Å². The van der Waals surface area contributed by atoms with Crippen LogP contribution in [0.4, 0.5) is 0 Å². The van der Waals surface area contributed by atoms with Crippen LogP contribution < -0.4 is 4.74 Å². The van der Waals surface area contributed by atoms with Gasteiger partial charge in [-0.2, -0.15) is 0 Å². The van der Waals surface area contributed by atoms with Gasteiger partial charge in [0, 0.05) is 0 Å². The molecule has 1 saturated heterocycles. The van der Waals surface area contributed by atoms with E-state index in [-0.39, 0.29) is 29.0 Å². The quantitative estimate of drug-likeness (QED) is 0.494. The Kier molecular flexibility index (Phi) is 9.63. The van der Waals surface area contributed by atoms with Crippen molar-refractivity contribution in [3.05, 3.63) is 24.3 Å². The number of hydrogen-bond donors (Lipinski definition) is 1. The van der Waals surface area contributed by atoms with E-state index in [1.54, 1.807) is 12.1 Å². The van der Waals surface area contributed by atoms with Crippen LogP contribution >= 0.6 is 0 Å². The lowest BCUT2D eigenvalue weighted by atomic mass is 9.84. The van der Waals surface area contributed by atoms with Crippen LogP contribution in [0.1, 0.15) is 60.8 Å². The Labute approximate surface area is 174 Å². The van der Waals surface area contributed by atoms with Gasteiger partial charge in [-0.3, -0.25) is 9.59 Å². The fraction of sp³-hybridized carbons (Fsp3) is 0.652. The minimum absolute atomic E-state index is 0.0184. The number of carbonyl (C=O) groups excluding carboxylic acids is 2. The van der Waals surface area contributed by atoms with Crippen molar-refractivity contribution in [1.29, 1.82) is 0 Å². The highest BCUT2D eigenvalue weighted by Crippen LogP contribution is 2.31. The summed E-state index contributed by atoms with van der Waals surface area (Å²) in [6.07, 6.45) is 2.58. The SMILES string of the molecule is CCC(C)(C)C(=O)Oc1ccc(O)cc1.CCC(C)C(=O)OCC1(CC)COC1. The Morgan fingerprint density at radius 1 is 1.17 bits per heavy atom. The zero-order chi connectivity index (χ0) is 22.1. The van der Waals surface area contributed by atoms with Crippen molar-refractivity contribution >= 4 is 11.9 Å². The van der Waals surface area contributed by atoms with Gasteiger partial charge in [0.2, 0.25) is 0 Å². The number of benzene rings is 1. The molecule has 6 heteroatoms. The number of phenols is 1. The molecule has 29 heavy (non-hydrogen) atoms. The van der Waals surface area contributed by atoms with Crippen LogP contribution in [0, 0.1) is 16.7 Å². The number of phenolic OH excluding ortho intramolecular Hbond substituents is 1. The normalized spacial score (nSPS) is 15.9. The Morgan fingerprint density at radius 2 is 1.76 bits per heavy atom. The van der Waals surface area contributed by atoms with Crippen molar-refractivity contribution in [2.75, 3.05) is 19.8 Å². The minimum Gasteiger partial charge on any atom is -0.508 e. The summed E-state index contributed by atoms with van der Waals surface area (Å²) < 4.78 is 15.6. The molecule has 1 fully saturated rings. The summed E-state index contributed by atoms with van der Waals surface area (Å²) in [7, 11) is 0. The Hall–Kier alpha value is -2.08. The van der Waals surface area contributed by atoms with Gasteiger partial charge < -0.3 is 19.3 Å². The van der Waals surface area contributed by atoms with Crippen LogP contribution in [-0.4, -0.2) is 36.9 Å². The summed E-state index contributed by atoms with van der Waals surface area (Å²) in [5.74, 6) is 0.302. The van der Waals surface area contributed by atoms with Gasteiger partial charge in [0.05, 0.1) is 30.0 Å². The molecule has 0 amide bonds. The lowest BCUT2D eigenvalue weighted by Gasteiger charge is -2.40. The monoisotopic (exact) mass is 408 g/mol. The molecule has 1 aliphatic rings. The molecule has 1 heterocycles.